The molecule has 3 rings (SSSR count). The monoisotopic (exact) mass is 219 g/mol. The maximum absolute atomic E-state index is 5.32. The van der Waals surface area contributed by atoms with E-state index in [1.807, 2.05) is 0 Å². The van der Waals surface area contributed by atoms with E-state index in [0.717, 1.165) is 26.3 Å². The fourth-order valence-electron chi connectivity index (χ4n) is 2.03. The van der Waals surface area contributed by atoms with Gasteiger partial charge >= 0.3 is 0 Å². The molecule has 0 amide bonds. The molecule has 0 radical (unpaired) electrons. The second-order valence-electron chi connectivity index (χ2n) is 4.60. The largest absolute Gasteiger partial charge is 0.371 e. The first-order chi connectivity index (χ1) is 7.83. The highest BCUT2D eigenvalue weighted by atomic mass is 16.6. The summed E-state index contributed by atoms with van der Waals surface area (Å²) < 4.78 is 10.6. The summed E-state index contributed by atoms with van der Waals surface area (Å²) in [4.78, 5) is 2.39. The SMILES string of the molecule is Cc1ccccc1N(C[C@H]1CO1)C[C@@H]1CO1. The van der Waals surface area contributed by atoms with Crippen LogP contribution in [0.25, 0.3) is 0 Å². The molecule has 0 N–H and O–H groups in total. The minimum Gasteiger partial charge on any atom is -0.371 e. The van der Waals surface area contributed by atoms with Gasteiger partial charge in [-0.1, -0.05) is 18.2 Å². The van der Waals surface area contributed by atoms with E-state index < -0.39 is 0 Å². The standard InChI is InChI=1S/C13H17NO2/c1-10-4-2-3-5-13(10)14(6-11-8-15-11)7-12-9-16-12/h2-5,11-12H,6-9H2,1H3/t11-,12+. The number of nitrogens with zero attached hydrogens (tertiary/aromatic N) is 1. The molecule has 3 nitrogen and oxygen atoms in total. The molecule has 1 aromatic rings. The Bertz CT molecular complexity index is 358. The Hall–Kier alpha value is -1.06. The first-order valence-corrected chi connectivity index (χ1v) is 5.87. The Morgan fingerprint density at radius 2 is 1.69 bits per heavy atom. The fraction of sp³-hybridized carbons (Fsp3) is 0.538. The summed E-state index contributed by atoms with van der Waals surface area (Å²) in [6.45, 7) is 5.96. The van der Waals surface area contributed by atoms with Gasteiger partial charge in [0.15, 0.2) is 0 Å². The molecule has 86 valence electrons. The number of epoxide rings is 2. The van der Waals surface area contributed by atoms with Crippen LogP contribution < -0.4 is 4.90 Å². The number of aryl methyl sites for hydroxylation is 1. The number of ether oxygens (including phenoxy) is 2. The smallest absolute Gasteiger partial charge is 0.0984 e. The molecular formula is C13H17NO2. The van der Waals surface area contributed by atoms with E-state index >= 15 is 0 Å². The van der Waals surface area contributed by atoms with Crippen LogP contribution in [0.2, 0.25) is 0 Å². The lowest BCUT2D eigenvalue weighted by Crippen LogP contribution is -2.32. The van der Waals surface area contributed by atoms with Gasteiger partial charge in [-0.05, 0) is 18.6 Å². The number of hydrogen-bond donors (Lipinski definition) is 0. The first kappa shape index (κ1) is 10.1. The van der Waals surface area contributed by atoms with E-state index in [1.165, 1.54) is 11.3 Å². The second kappa shape index (κ2) is 4.07. The summed E-state index contributed by atoms with van der Waals surface area (Å²) in [5.41, 5.74) is 2.64. The zero-order valence-electron chi connectivity index (χ0n) is 9.56. The highest BCUT2D eigenvalue weighted by Gasteiger charge is 2.31. The van der Waals surface area contributed by atoms with Crippen LogP contribution in [0, 0.1) is 6.92 Å². The van der Waals surface area contributed by atoms with E-state index in [-0.39, 0.29) is 0 Å². The van der Waals surface area contributed by atoms with Crippen molar-refractivity contribution in [3.05, 3.63) is 29.8 Å². The van der Waals surface area contributed by atoms with Crippen LogP contribution in [0.5, 0.6) is 0 Å². The summed E-state index contributed by atoms with van der Waals surface area (Å²) in [6, 6.07) is 8.51. The molecular weight excluding hydrogens is 202 g/mol. The third-order valence-electron chi connectivity index (χ3n) is 3.11. The minimum atomic E-state index is 0.429. The lowest BCUT2D eigenvalue weighted by atomic mass is 10.1. The Balaban J connectivity index is 1.76. The molecule has 2 atom stereocenters. The number of anilines is 1. The normalized spacial score (nSPS) is 26.6. The third-order valence-corrected chi connectivity index (χ3v) is 3.11. The molecule has 2 heterocycles. The Labute approximate surface area is 96.0 Å². The molecule has 2 saturated heterocycles. The number of rotatable bonds is 5. The molecule has 0 aromatic heterocycles. The zero-order chi connectivity index (χ0) is 11.0. The third kappa shape index (κ3) is 2.36. The molecule has 1 aromatic carbocycles. The van der Waals surface area contributed by atoms with Gasteiger partial charge in [0.05, 0.1) is 25.4 Å². The van der Waals surface area contributed by atoms with Crippen molar-refractivity contribution >= 4 is 5.69 Å². The van der Waals surface area contributed by atoms with Gasteiger partial charge in [0.2, 0.25) is 0 Å². The highest BCUT2D eigenvalue weighted by Crippen LogP contribution is 2.24. The molecule has 0 saturated carbocycles. The molecule has 0 spiro atoms. The molecule has 16 heavy (non-hydrogen) atoms. The molecule has 0 unspecified atom stereocenters. The summed E-state index contributed by atoms with van der Waals surface area (Å²) in [5, 5.41) is 0. The van der Waals surface area contributed by atoms with Crippen molar-refractivity contribution in [3.63, 3.8) is 0 Å². The maximum atomic E-state index is 5.32. The Morgan fingerprint density at radius 1 is 1.12 bits per heavy atom. The van der Waals surface area contributed by atoms with Crippen molar-refractivity contribution in [2.45, 2.75) is 19.1 Å². The van der Waals surface area contributed by atoms with Crippen molar-refractivity contribution in [2.24, 2.45) is 0 Å². The van der Waals surface area contributed by atoms with E-state index in [1.54, 1.807) is 0 Å². The zero-order valence-corrected chi connectivity index (χ0v) is 9.56. The van der Waals surface area contributed by atoms with Gasteiger partial charge in [-0.2, -0.15) is 0 Å². The second-order valence-corrected chi connectivity index (χ2v) is 4.60. The lowest BCUT2D eigenvalue weighted by Gasteiger charge is -2.25. The van der Waals surface area contributed by atoms with Crippen LogP contribution in [0.1, 0.15) is 5.56 Å². The number of benzene rings is 1. The summed E-state index contributed by atoms with van der Waals surface area (Å²) in [5.74, 6) is 0. The van der Waals surface area contributed by atoms with Crippen LogP contribution >= 0.6 is 0 Å². The predicted molar refractivity (Wildman–Crippen MR) is 62.9 cm³/mol. The van der Waals surface area contributed by atoms with Crippen molar-refractivity contribution in [1.82, 2.24) is 0 Å². The average Bonchev–Trinajstić information content (AvgIpc) is 3.12. The first-order valence-electron chi connectivity index (χ1n) is 5.87. The maximum Gasteiger partial charge on any atom is 0.0984 e. The number of para-hydroxylation sites is 1. The predicted octanol–water partition coefficient (Wildman–Crippen LogP) is 1.60. The molecule has 2 aliphatic rings. The topological polar surface area (TPSA) is 28.3 Å². The fourth-order valence-corrected chi connectivity index (χ4v) is 2.03. The van der Waals surface area contributed by atoms with Gasteiger partial charge in [0.1, 0.15) is 0 Å². The minimum absolute atomic E-state index is 0.429. The van der Waals surface area contributed by atoms with Gasteiger partial charge in [-0.25, -0.2) is 0 Å². The molecule has 0 bridgehead atoms. The van der Waals surface area contributed by atoms with E-state index in [2.05, 4.69) is 36.1 Å². The van der Waals surface area contributed by atoms with Crippen molar-refractivity contribution < 1.29 is 9.47 Å². The van der Waals surface area contributed by atoms with Crippen LogP contribution in [-0.4, -0.2) is 38.5 Å². The summed E-state index contributed by atoms with van der Waals surface area (Å²) >= 11 is 0. The molecule has 0 aliphatic carbocycles. The van der Waals surface area contributed by atoms with Gasteiger partial charge in [0.25, 0.3) is 0 Å². The molecule has 3 heteroatoms. The van der Waals surface area contributed by atoms with Crippen LogP contribution in [0.15, 0.2) is 24.3 Å². The lowest BCUT2D eigenvalue weighted by molar-refractivity contribution is 0.389. The van der Waals surface area contributed by atoms with E-state index in [0.29, 0.717) is 12.2 Å². The number of hydrogen-bond acceptors (Lipinski definition) is 3. The molecule has 2 aliphatic heterocycles. The summed E-state index contributed by atoms with van der Waals surface area (Å²) in [7, 11) is 0. The highest BCUT2D eigenvalue weighted by molar-refractivity contribution is 5.53. The van der Waals surface area contributed by atoms with Crippen LogP contribution in [0.3, 0.4) is 0 Å². The van der Waals surface area contributed by atoms with Crippen LogP contribution in [-0.2, 0) is 9.47 Å². The van der Waals surface area contributed by atoms with E-state index in [9.17, 15) is 0 Å². The molecule has 2 fully saturated rings. The Morgan fingerprint density at radius 3 is 2.19 bits per heavy atom. The van der Waals surface area contributed by atoms with Crippen molar-refractivity contribution in [2.75, 3.05) is 31.2 Å². The van der Waals surface area contributed by atoms with Crippen LogP contribution in [0.4, 0.5) is 5.69 Å². The van der Waals surface area contributed by atoms with Crippen molar-refractivity contribution in [3.8, 4) is 0 Å². The van der Waals surface area contributed by atoms with Gasteiger partial charge < -0.3 is 14.4 Å². The van der Waals surface area contributed by atoms with Gasteiger partial charge in [-0.15, -0.1) is 0 Å². The average molecular weight is 219 g/mol. The quantitative estimate of drug-likeness (QED) is 0.704. The van der Waals surface area contributed by atoms with Crippen molar-refractivity contribution in [1.29, 1.82) is 0 Å². The summed E-state index contributed by atoms with van der Waals surface area (Å²) in [6.07, 6.45) is 0.858. The van der Waals surface area contributed by atoms with Gasteiger partial charge in [0, 0.05) is 18.8 Å². The Kier molecular flexibility index (Phi) is 2.58. The van der Waals surface area contributed by atoms with E-state index in [4.69, 9.17) is 9.47 Å². The van der Waals surface area contributed by atoms with Gasteiger partial charge in [-0.3, -0.25) is 0 Å².